The van der Waals surface area contributed by atoms with Gasteiger partial charge in [0, 0.05) is 13.1 Å². The van der Waals surface area contributed by atoms with Crippen LogP contribution in [0.1, 0.15) is 35.4 Å². The Bertz CT molecular complexity index is 989. The lowest BCUT2D eigenvalue weighted by molar-refractivity contribution is 0.299. The minimum atomic E-state index is -0.148. The number of imidazole rings is 1. The molecule has 0 radical (unpaired) electrons. The average Bonchev–Trinajstić information content (AvgIpc) is 3.05. The van der Waals surface area contributed by atoms with Crippen LogP contribution >= 0.6 is 0 Å². The number of ether oxygens (including phenoxy) is 1. The number of methoxy groups -OCH3 is 1. The van der Waals surface area contributed by atoms with Crippen LogP contribution in [0.3, 0.4) is 0 Å². The summed E-state index contributed by atoms with van der Waals surface area (Å²) in [7, 11) is 3.96. The largest absolute Gasteiger partial charge is 0.496 e. The highest BCUT2D eigenvalue weighted by molar-refractivity contribution is 5.75. The Labute approximate surface area is 159 Å². The van der Waals surface area contributed by atoms with Gasteiger partial charge >= 0.3 is 5.69 Å². The van der Waals surface area contributed by atoms with Crippen LogP contribution in [0.15, 0.2) is 41.2 Å². The van der Waals surface area contributed by atoms with Gasteiger partial charge in [-0.1, -0.05) is 18.2 Å². The molecule has 0 spiro atoms. The number of nitrogens with zero attached hydrogens (tertiary/aromatic N) is 1. The van der Waals surface area contributed by atoms with Crippen LogP contribution in [0.25, 0.3) is 11.0 Å². The Hall–Kier alpha value is -2.53. The Morgan fingerprint density at radius 2 is 2.04 bits per heavy atom. The molecule has 5 heteroatoms. The predicted octanol–water partition coefficient (Wildman–Crippen LogP) is 3.46. The minimum Gasteiger partial charge on any atom is -0.496 e. The molecule has 1 aromatic heterocycles. The normalized spacial score (nSPS) is 16.6. The van der Waals surface area contributed by atoms with Gasteiger partial charge < -0.3 is 19.6 Å². The Balaban J connectivity index is 1.41. The van der Waals surface area contributed by atoms with E-state index in [0.717, 1.165) is 42.7 Å². The topological polar surface area (TPSA) is 61.1 Å². The molecule has 0 fully saturated rings. The van der Waals surface area contributed by atoms with E-state index in [1.54, 1.807) is 7.11 Å². The van der Waals surface area contributed by atoms with Gasteiger partial charge in [0.05, 0.1) is 18.1 Å². The molecule has 0 aliphatic heterocycles. The SMILES string of the molecule is COc1cccc2c1CCC[C@H]2CN(C)CCc1ccc2[nH]c(=O)[nH]c2c1. The highest BCUT2D eigenvalue weighted by Crippen LogP contribution is 2.36. The molecular weight excluding hydrogens is 338 g/mol. The minimum absolute atomic E-state index is 0.148. The fraction of sp³-hybridized carbons (Fsp3) is 0.409. The van der Waals surface area contributed by atoms with Crippen LogP contribution in [-0.2, 0) is 12.8 Å². The zero-order chi connectivity index (χ0) is 18.8. The molecule has 0 bridgehead atoms. The lowest BCUT2D eigenvalue weighted by Crippen LogP contribution is -2.28. The van der Waals surface area contributed by atoms with Gasteiger partial charge in [-0.15, -0.1) is 0 Å². The van der Waals surface area contributed by atoms with Crippen LogP contribution in [0, 0.1) is 0 Å². The second-order valence-corrected chi connectivity index (χ2v) is 7.59. The van der Waals surface area contributed by atoms with Gasteiger partial charge in [-0.25, -0.2) is 4.79 Å². The summed E-state index contributed by atoms with van der Waals surface area (Å²) < 4.78 is 5.57. The molecule has 1 atom stereocenters. The van der Waals surface area contributed by atoms with E-state index in [0.29, 0.717) is 5.92 Å². The second kappa shape index (κ2) is 7.61. The molecule has 0 saturated heterocycles. The second-order valence-electron chi connectivity index (χ2n) is 7.59. The van der Waals surface area contributed by atoms with E-state index in [1.807, 2.05) is 6.07 Å². The van der Waals surface area contributed by atoms with E-state index in [9.17, 15) is 4.79 Å². The van der Waals surface area contributed by atoms with E-state index >= 15 is 0 Å². The predicted molar refractivity (Wildman–Crippen MR) is 109 cm³/mol. The van der Waals surface area contributed by atoms with E-state index in [4.69, 9.17) is 4.74 Å². The first kappa shape index (κ1) is 17.9. The first-order valence-corrected chi connectivity index (χ1v) is 9.69. The monoisotopic (exact) mass is 365 g/mol. The smallest absolute Gasteiger partial charge is 0.323 e. The molecule has 2 aromatic carbocycles. The third-order valence-electron chi connectivity index (χ3n) is 5.70. The Kier molecular flexibility index (Phi) is 5.03. The van der Waals surface area contributed by atoms with Crippen molar-refractivity contribution in [3.05, 3.63) is 63.6 Å². The summed E-state index contributed by atoms with van der Waals surface area (Å²) in [6, 6.07) is 12.6. The van der Waals surface area contributed by atoms with Crippen molar-refractivity contribution >= 4 is 11.0 Å². The number of hydrogen-bond donors (Lipinski definition) is 2. The Morgan fingerprint density at radius 3 is 2.89 bits per heavy atom. The van der Waals surface area contributed by atoms with Gasteiger partial charge in [-0.3, -0.25) is 0 Å². The van der Waals surface area contributed by atoms with Gasteiger partial charge in [0.25, 0.3) is 0 Å². The number of hydrogen-bond acceptors (Lipinski definition) is 3. The van der Waals surface area contributed by atoms with Gasteiger partial charge in [-0.2, -0.15) is 0 Å². The van der Waals surface area contributed by atoms with Gasteiger partial charge in [0.1, 0.15) is 5.75 Å². The molecule has 2 N–H and O–H groups in total. The summed E-state index contributed by atoms with van der Waals surface area (Å²) in [6.45, 7) is 2.05. The average molecular weight is 365 g/mol. The number of aromatic nitrogens is 2. The van der Waals surface area contributed by atoms with E-state index in [-0.39, 0.29) is 5.69 Å². The molecular formula is C22H27N3O2. The van der Waals surface area contributed by atoms with Crippen molar-refractivity contribution in [1.82, 2.24) is 14.9 Å². The van der Waals surface area contributed by atoms with Crippen molar-refractivity contribution in [3.63, 3.8) is 0 Å². The molecule has 4 rings (SSSR count). The van der Waals surface area contributed by atoms with Gasteiger partial charge in [-0.05, 0) is 73.5 Å². The molecule has 1 heterocycles. The molecule has 0 amide bonds. The first-order valence-electron chi connectivity index (χ1n) is 9.69. The van der Waals surface area contributed by atoms with Gasteiger partial charge in [0.2, 0.25) is 0 Å². The van der Waals surface area contributed by atoms with Crippen LogP contribution in [-0.4, -0.2) is 42.1 Å². The lowest BCUT2D eigenvalue weighted by atomic mass is 9.82. The van der Waals surface area contributed by atoms with Crippen molar-refractivity contribution in [2.75, 3.05) is 27.2 Å². The van der Waals surface area contributed by atoms with Crippen molar-refractivity contribution < 1.29 is 4.74 Å². The van der Waals surface area contributed by atoms with Gasteiger partial charge in [0.15, 0.2) is 0 Å². The lowest BCUT2D eigenvalue weighted by Gasteiger charge is -2.30. The maximum atomic E-state index is 11.4. The fourth-order valence-electron chi connectivity index (χ4n) is 4.32. The molecule has 1 aliphatic carbocycles. The fourth-order valence-corrected chi connectivity index (χ4v) is 4.32. The number of fused-ring (bicyclic) bond motifs is 2. The summed E-state index contributed by atoms with van der Waals surface area (Å²) >= 11 is 0. The number of aromatic amines is 2. The third-order valence-corrected chi connectivity index (χ3v) is 5.70. The van der Waals surface area contributed by atoms with Crippen LogP contribution in [0.4, 0.5) is 0 Å². The molecule has 142 valence electrons. The summed E-state index contributed by atoms with van der Waals surface area (Å²) in [4.78, 5) is 19.5. The molecule has 3 aromatic rings. The van der Waals surface area contributed by atoms with Crippen molar-refractivity contribution in [1.29, 1.82) is 0 Å². The molecule has 0 unspecified atom stereocenters. The molecule has 1 aliphatic rings. The standard InChI is InChI=1S/C22H27N3O2/c1-25(12-11-15-9-10-19-20(13-15)24-22(26)23-19)14-16-5-3-7-18-17(16)6-4-8-21(18)27-2/h4,6,8-10,13,16H,3,5,7,11-12,14H2,1-2H3,(H2,23,24,26)/t16-/m0/s1. The van der Waals surface area contributed by atoms with Crippen molar-refractivity contribution in [2.45, 2.75) is 31.6 Å². The van der Waals surface area contributed by atoms with Crippen LogP contribution in [0.2, 0.25) is 0 Å². The van der Waals surface area contributed by atoms with E-state index in [2.05, 4.69) is 52.2 Å². The summed E-state index contributed by atoms with van der Waals surface area (Å²) in [6.07, 6.45) is 4.55. The van der Waals surface area contributed by atoms with E-state index < -0.39 is 0 Å². The number of nitrogens with one attached hydrogen (secondary N) is 2. The summed E-state index contributed by atoms with van der Waals surface area (Å²) in [5, 5.41) is 0. The Morgan fingerprint density at radius 1 is 1.19 bits per heavy atom. The highest BCUT2D eigenvalue weighted by atomic mass is 16.5. The van der Waals surface area contributed by atoms with E-state index in [1.165, 1.54) is 29.5 Å². The van der Waals surface area contributed by atoms with Crippen LogP contribution in [0.5, 0.6) is 5.75 Å². The quantitative estimate of drug-likeness (QED) is 0.703. The summed E-state index contributed by atoms with van der Waals surface area (Å²) in [5.41, 5.74) is 5.70. The zero-order valence-corrected chi connectivity index (χ0v) is 16.0. The maximum absolute atomic E-state index is 11.4. The van der Waals surface area contributed by atoms with Crippen LogP contribution < -0.4 is 10.4 Å². The number of rotatable bonds is 6. The number of benzene rings is 2. The molecule has 0 saturated carbocycles. The maximum Gasteiger partial charge on any atom is 0.323 e. The van der Waals surface area contributed by atoms with Crippen molar-refractivity contribution in [3.8, 4) is 5.75 Å². The number of likely N-dealkylation sites (N-methyl/N-ethyl adjacent to an activating group) is 1. The molecule has 27 heavy (non-hydrogen) atoms. The van der Waals surface area contributed by atoms with Crippen molar-refractivity contribution in [2.24, 2.45) is 0 Å². The zero-order valence-electron chi connectivity index (χ0n) is 16.0. The number of H-pyrrole nitrogens is 2. The first-order chi connectivity index (χ1) is 13.1. The molecule has 5 nitrogen and oxygen atoms in total. The third kappa shape index (κ3) is 3.78. The summed E-state index contributed by atoms with van der Waals surface area (Å²) in [5.74, 6) is 1.60. The highest BCUT2D eigenvalue weighted by Gasteiger charge is 2.23.